The number of rotatable bonds is 4. The third kappa shape index (κ3) is 2.79. The van der Waals surface area contributed by atoms with E-state index in [0.717, 1.165) is 12.8 Å². The van der Waals surface area contributed by atoms with Crippen LogP contribution in [0.4, 0.5) is 5.82 Å². The van der Waals surface area contributed by atoms with Gasteiger partial charge in [0.25, 0.3) is 0 Å². The van der Waals surface area contributed by atoms with Gasteiger partial charge in [-0.2, -0.15) is 0 Å². The molecule has 1 aromatic rings. The van der Waals surface area contributed by atoms with E-state index in [1.165, 1.54) is 0 Å². The standard InChI is InChI=1S/C11H14N4O/c1-7(12)2-5-9-13-6-10(14-9)15-11(16)8-3-4-8/h2,5-6,8,12H,3-4H2,1H3,(H,13,14)(H,15,16). The summed E-state index contributed by atoms with van der Waals surface area (Å²) >= 11 is 0. The molecule has 1 saturated carbocycles. The molecule has 0 atom stereocenters. The van der Waals surface area contributed by atoms with E-state index >= 15 is 0 Å². The van der Waals surface area contributed by atoms with Gasteiger partial charge in [0.1, 0.15) is 11.6 Å². The molecule has 5 nitrogen and oxygen atoms in total. The lowest BCUT2D eigenvalue weighted by Gasteiger charge is -1.98. The molecule has 0 unspecified atom stereocenters. The summed E-state index contributed by atoms with van der Waals surface area (Å²) in [7, 11) is 0. The Morgan fingerprint density at radius 1 is 1.69 bits per heavy atom. The number of nitrogens with zero attached hydrogens (tertiary/aromatic N) is 1. The quantitative estimate of drug-likeness (QED) is 0.673. The molecule has 1 aliphatic rings. The summed E-state index contributed by atoms with van der Waals surface area (Å²) in [5.41, 5.74) is 0.458. The fourth-order valence-corrected chi connectivity index (χ4v) is 1.27. The van der Waals surface area contributed by atoms with Crippen molar-refractivity contribution >= 4 is 23.5 Å². The third-order valence-corrected chi connectivity index (χ3v) is 2.29. The van der Waals surface area contributed by atoms with Gasteiger partial charge in [-0.3, -0.25) is 4.79 Å². The highest BCUT2D eigenvalue weighted by Crippen LogP contribution is 2.29. The fourth-order valence-electron chi connectivity index (χ4n) is 1.27. The van der Waals surface area contributed by atoms with E-state index < -0.39 is 0 Å². The van der Waals surface area contributed by atoms with Crippen molar-refractivity contribution in [3.05, 3.63) is 18.1 Å². The van der Waals surface area contributed by atoms with Crippen molar-refractivity contribution in [2.75, 3.05) is 5.32 Å². The molecule has 5 heteroatoms. The van der Waals surface area contributed by atoms with Gasteiger partial charge < -0.3 is 15.7 Å². The number of H-pyrrole nitrogens is 1. The molecular formula is C11H14N4O. The predicted molar refractivity (Wildman–Crippen MR) is 62.4 cm³/mol. The van der Waals surface area contributed by atoms with Crippen LogP contribution in [-0.2, 0) is 4.79 Å². The molecule has 84 valence electrons. The normalized spacial score (nSPS) is 15.3. The smallest absolute Gasteiger partial charge is 0.228 e. The van der Waals surface area contributed by atoms with Gasteiger partial charge >= 0.3 is 0 Å². The monoisotopic (exact) mass is 218 g/mol. The maximum absolute atomic E-state index is 11.4. The van der Waals surface area contributed by atoms with Gasteiger partial charge in [0.05, 0.1) is 6.20 Å². The highest BCUT2D eigenvalue weighted by molar-refractivity contribution is 5.94. The Labute approximate surface area is 93.5 Å². The van der Waals surface area contributed by atoms with Crippen LogP contribution in [0.25, 0.3) is 6.08 Å². The van der Waals surface area contributed by atoms with E-state index in [2.05, 4.69) is 15.3 Å². The zero-order valence-corrected chi connectivity index (χ0v) is 9.08. The molecule has 1 amide bonds. The van der Waals surface area contributed by atoms with Crippen molar-refractivity contribution in [3.8, 4) is 0 Å². The molecule has 16 heavy (non-hydrogen) atoms. The number of allylic oxidation sites excluding steroid dienone is 1. The van der Waals surface area contributed by atoms with Crippen LogP contribution in [0.3, 0.4) is 0 Å². The minimum Gasteiger partial charge on any atom is -0.325 e. The molecule has 0 aliphatic heterocycles. The van der Waals surface area contributed by atoms with Gasteiger partial charge in [-0.05, 0) is 31.9 Å². The number of amides is 1. The Balaban J connectivity index is 1.96. The van der Waals surface area contributed by atoms with Crippen LogP contribution < -0.4 is 5.32 Å². The van der Waals surface area contributed by atoms with E-state index in [1.807, 2.05) is 0 Å². The lowest BCUT2D eigenvalue weighted by atomic mass is 10.4. The second-order valence-corrected chi connectivity index (χ2v) is 3.96. The zero-order chi connectivity index (χ0) is 11.5. The second-order valence-electron chi connectivity index (χ2n) is 3.96. The van der Waals surface area contributed by atoms with E-state index in [1.54, 1.807) is 25.3 Å². The van der Waals surface area contributed by atoms with Crippen LogP contribution in [-0.4, -0.2) is 21.6 Å². The molecule has 2 rings (SSSR count). The van der Waals surface area contributed by atoms with Crippen LogP contribution in [0.1, 0.15) is 25.6 Å². The number of anilines is 1. The first kappa shape index (κ1) is 10.6. The van der Waals surface area contributed by atoms with Crippen molar-refractivity contribution in [1.82, 2.24) is 9.97 Å². The number of hydrogen-bond acceptors (Lipinski definition) is 3. The second kappa shape index (κ2) is 4.30. The van der Waals surface area contributed by atoms with Crippen LogP contribution in [0, 0.1) is 11.3 Å². The molecule has 3 N–H and O–H groups in total. The first-order valence-corrected chi connectivity index (χ1v) is 5.24. The Hall–Kier alpha value is -1.91. The number of aromatic amines is 1. The fraction of sp³-hybridized carbons (Fsp3) is 0.364. The highest BCUT2D eigenvalue weighted by atomic mass is 16.2. The SMILES string of the molecule is CC(=N)C=Cc1ncc(NC(=O)C2CC2)[nH]1. The Morgan fingerprint density at radius 2 is 2.44 bits per heavy atom. The van der Waals surface area contributed by atoms with E-state index in [4.69, 9.17) is 5.41 Å². The summed E-state index contributed by atoms with van der Waals surface area (Å²) < 4.78 is 0. The van der Waals surface area contributed by atoms with Gasteiger partial charge in [-0.15, -0.1) is 0 Å². The summed E-state index contributed by atoms with van der Waals surface area (Å²) in [4.78, 5) is 18.5. The molecule has 0 radical (unpaired) electrons. The molecule has 0 saturated heterocycles. The van der Waals surface area contributed by atoms with Gasteiger partial charge in [0, 0.05) is 11.6 Å². The number of aromatic nitrogens is 2. The maximum atomic E-state index is 11.4. The number of hydrogen-bond donors (Lipinski definition) is 3. The largest absolute Gasteiger partial charge is 0.325 e. The van der Waals surface area contributed by atoms with E-state index in [-0.39, 0.29) is 11.8 Å². The van der Waals surface area contributed by atoms with Crippen molar-refractivity contribution in [2.45, 2.75) is 19.8 Å². The predicted octanol–water partition coefficient (Wildman–Crippen LogP) is 1.81. The van der Waals surface area contributed by atoms with Gasteiger partial charge in [0.2, 0.25) is 5.91 Å². The topological polar surface area (TPSA) is 81.6 Å². The summed E-state index contributed by atoms with van der Waals surface area (Å²) in [6.45, 7) is 1.69. The van der Waals surface area contributed by atoms with Crippen LogP contribution in [0.2, 0.25) is 0 Å². The summed E-state index contributed by atoms with van der Waals surface area (Å²) in [5.74, 6) is 1.49. The number of nitrogens with one attached hydrogen (secondary N) is 3. The Kier molecular flexibility index (Phi) is 2.85. The van der Waals surface area contributed by atoms with Gasteiger partial charge in [-0.25, -0.2) is 4.98 Å². The van der Waals surface area contributed by atoms with Crippen LogP contribution >= 0.6 is 0 Å². The van der Waals surface area contributed by atoms with Gasteiger partial charge in [0.15, 0.2) is 0 Å². The summed E-state index contributed by atoms with van der Waals surface area (Å²) in [6, 6.07) is 0. The number of carbonyl (C=O) groups excluding carboxylic acids is 1. The van der Waals surface area contributed by atoms with Crippen LogP contribution in [0.5, 0.6) is 0 Å². The number of imidazole rings is 1. The van der Waals surface area contributed by atoms with Crippen LogP contribution in [0.15, 0.2) is 12.3 Å². The number of carbonyl (C=O) groups is 1. The van der Waals surface area contributed by atoms with Crippen molar-refractivity contribution in [2.24, 2.45) is 5.92 Å². The first-order valence-electron chi connectivity index (χ1n) is 5.24. The van der Waals surface area contributed by atoms with Crippen molar-refractivity contribution in [3.63, 3.8) is 0 Å². The molecule has 1 aromatic heterocycles. The summed E-state index contributed by atoms with van der Waals surface area (Å²) in [6.07, 6.45) is 6.90. The zero-order valence-electron chi connectivity index (χ0n) is 9.08. The molecule has 1 heterocycles. The minimum atomic E-state index is 0.0578. The Bertz CT molecular complexity index is 443. The Morgan fingerprint density at radius 3 is 3.06 bits per heavy atom. The third-order valence-electron chi connectivity index (χ3n) is 2.29. The molecule has 1 aliphatic carbocycles. The van der Waals surface area contributed by atoms with Crippen molar-refractivity contribution < 1.29 is 4.79 Å². The van der Waals surface area contributed by atoms with Gasteiger partial charge in [-0.1, -0.05) is 0 Å². The molecule has 1 fully saturated rings. The molecular weight excluding hydrogens is 204 g/mol. The minimum absolute atomic E-state index is 0.0578. The molecule has 0 spiro atoms. The molecule has 0 bridgehead atoms. The first-order chi connectivity index (χ1) is 7.65. The highest BCUT2D eigenvalue weighted by Gasteiger charge is 2.29. The average Bonchev–Trinajstić information content (AvgIpc) is 2.98. The van der Waals surface area contributed by atoms with E-state index in [9.17, 15) is 4.79 Å². The summed E-state index contributed by atoms with van der Waals surface area (Å²) in [5, 5.41) is 10.00. The van der Waals surface area contributed by atoms with Crippen molar-refractivity contribution in [1.29, 1.82) is 5.41 Å². The average molecular weight is 218 g/mol. The maximum Gasteiger partial charge on any atom is 0.228 e. The lowest BCUT2D eigenvalue weighted by Crippen LogP contribution is -2.13. The molecule has 0 aromatic carbocycles. The van der Waals surface area contributed by atoms with E-state index in [0.29, 0.717) is 17.4 Å². The lowest BCUT2D eigenvalue weighted by molar-refractivity contribution is -0.117.